The Hall–Kier alpha value is -1.55. The van der Waals surface area contributed by atoms with Crippen molar-refractivity contribution in [1.82, 2.24) is 5.32 Å². The van der Waals surface area contributed by atoms with Gasteiger partial charge in [0.05, 0.1) is 6.61 Å². The monoisotopic (exact) mass is 194 g/mol. The molecule has 1 atom stereocenters. The molecule has 4 N–H and O–H groups in total. The molecule has 0 fully saturated rings. The summed E-state index contributed by atoms with van der Waals surface area (Å²) in [6.07, 6.45) is 0. The summed E-state index contributed by atoms with van der Waals surface area (Å²) in [6.45, 7) is 1.66. The summed E-state index contributed by atoms with van der Waals surface area (Å²) < 4.78 is 0. The Labute approximate surface area is 82.7 Å². The second-order valence-corrected chi connectivity index (χ2v) is 3.18. The molecule has 1 amide bonds. The molecule has 0 radical (unpaired) electrons. The van der Waals surface area contributed by atoms with Crippen LogP contribution in [0.3, 0.4) is 0 Å². The highest BCUT2D eigenvalue weighted by Gasteiger charge is 2.07. The summed E-state index contributed by atoms with van der Waals surface area (Å²) in [7, 11) is 0. The Balaban J connectivity index is 2.65. The fourth-order valence-electron chi connectivity index (χ4n) is 0.987. The predicted octanol–water partition coefficient (Wildman–Crippen LogP) is 0.379. The first-order valence-electron chi connectivity index (χ1n) is 4.40. The highest BCUT2D eigenvalue weighted by Crippen LogP contribution is 2.05. The van der Waals surface area contributed by atoms with Crippen molar-refractivity contribution in [3.05, 3.63) is 29.8 Å². The predicted molar refractivity (Wildman–Crippen MR) is 54.9 cm³/mol. The van der Waals surface area contributed by atoms with Gasteiger partial charge in [0, 0.05) is 17.3 Å². The van der Waals surface area contributed by atoms with E-state index in [4.69, 9.17) is 10.8 Å². The van der Waals surface area contributed by atoms with Crippen LogP contribution in [0.5, 0.6) is 0 Å². The molecule has 0 saturated heterocycles. The highest BCUT2D eigenvalue weighted by molar-refractivity contribution is 5.94. The Bertz CT molecular complexity index is 308. The van der Waals surface area contributed by atoms with Gasteiger partial charge in [-0.05, 0) is 31.2 Å². The van der Waals surface area contributed by atoms with Crippen molar-refractivity contribution in [3.8, 4) is 0 Å². The second-order valence-electron chi connectivity index (χ2n) is 3.18. The lowest BCUT2D eigenvalue weighted by atomic mass is 10.2. The molecule has 0 aliphatic rings. The van der Waals surface area contributed by atoms with E-state index in [1.807, 2.05) is 0 Å². The van der Waals surface area contributed by atoms with E-state index in [-0.39, 0.29) is 18.6 Å². The molecule has 0 saturated carbocycles. The average Bonchev–Trinajstić information content (AvgIpc) is 2.18. The smallest absolute Gasteiger partial charge is 0.251 e. The minimum Gasteiger partial charge on any atom is -0.399 e. The van der Waals surface area contributed by atoms with E-state index in [2.05, 4.69) is 5.32 Å². The van der Waals surface area contributed by atoms with Gasteiger partial charge < -0.3 is 16.2 Å². The molecule has 0 bridgehead atoms. The SMILES string of the molecule is C[C@H](CO)NC(=O)c1ccc(N)cc1. The van der Waals surface area contributed by atoms with Crippen molar-refractivity contribution in [1.29, 1.82) is 0 Å². The van der Waals surface area contributed by atoms with Gasteiger partial charge in [-0.1, -0.05) is 0 Å². The Morgan fingerprint density at radius 3 is 2.57 bits per heavy atom. The van der Waals surface area contributed by atoms with E-state index in [0.29, 0.717) is 11.3 Å². The zero-order valence-corrected chi connectivity index (χ0v) is 8.03. The fourth-order valence-corrected chi connectivity index (χ4v) is 0.987. The molecular formula is C10H14N2O2. The van der Waals surface area contributed by atoms with Crippen molar-refractivity contribution in [3.63, 3.8) is 0 Å². The van der Waals surface area contributed by atoms with E-state index < -0.39 is 0 Å². The molecule has 1 rings (SSSR count). The number of nitrogens with two attached hydrogens (primary N) is 1. The van der Waals surface area contributed by atoms with Crippen molar-refractivity contribution >= 4 is 11.6 Å². The average molecular weight is 194 g/mol. The summed E-state index contributed by atoms with van der Waals surface area (Å²) in [5.74, 6) is -0.202. The molecule has 0 aliphatic carbocycles. The van der Waals surface area contributed by atoms with E-state index in [9.17, 15) is 4.79 Å². The molecule has 1 aromatic rings. The van der Waals surface area contributed by atoms with Crippen LogP contribution in [0.2, 0.25) is 0 Å². The summed E-state index contributed by atoms with van der Waals surface area (Å²) in [5.41, 5.74) is 6.65. The van der Waals surface area contributed by atoms with Gasteiger partial charge >= 0.3 is 0 Å². The molecule has 4 nitrogen and oxygen atoms in total. The number of carbonyl (C=O) groups is 1. The maximum absolute atomic E-state index is 11.5. The van der Waals surface area contributed by atoms with Gasteiger partial charge in [-0.25, -0.2) is 0 Å². The Morgan fingerprint density at radius 1 is 1.50 bits per heavy atom. The molecule has 0 spiro atoms. The zero-order valence-electron chi connectivity index (χ0n) is 8.03. The molecular weight excluding hydrogens is 180 g/mol. The maximum Gasteiger partial charge on any atom is 0.251 e. The molecule has 0 aliphatic heterocycles. The number of nitrogen functional groups attached to an aromatic ring is 1. The number of rotatable bonds is 3. The molecule has 1 aromatic carbocycles. The molecule has 0 aromatic heterocycles. The van der Waals surface area contributed by atoms with Crippen LogP contribution >= 0.6 is 0 Å². The van der Waals surface area contributed by atoms with Crippen LogP contribution in [0.1, 0.15) is 17.3 Å². The van der Waals surface area contributed by atoms with E-state index in [0.717, 1.165) is 0 Å². The van der Waals surface area contributed by atoms with Crippen LogP contribution in [0.15, 0.2) is 24.3 Å². The number of hydrogen-bond acceptors (Lipinski definition) is 3. The van der Waals surface area contributed by atoms with Crippen LogP contribution in [-0.2, 0) is 0 Å². The Kier molecular flexibility index (Phi) is 3.48. The first-order valence-corrected chi connectivity index (χ1v) is 4.40. The largest absolute Gasteiger partial charge is 0.399 e. The van der Waals surface area contributed by atoms with Gasteiger partial charge in [-0.15, -0.1) is 0 Å². The van der Waals surface area contributed by atoms with Gasteiger partial charge in [-0.2, -0.15) is 0 Å². The van der Waals surface area contributed by atoms with Gasteiger partial charge in [0.15, 0.2) is 0 Å². The van der Waals surface area contributed by atoms with Crippen molar-refractivity contribution in [2.24, 2.45) is 0 Å². The minimum absolute atomic E-state index is 0.0687. The summed E-state index contributed by atoms with van der Waals surface area (Å²) in [5, 5.41) is 11.4. The highest BCUT2D eigenvalue weighted by atomic mass is 16.3. The molecule has 14 heavy (non-hydrogen) atoms. The summed E-state index contributed by atoms with van der Waals surface area (Å²) >= 11 is 0. The number of nitrogens with one attached hydrogen (secondary N) is 1. The number of hydrogen-bond donors (Lipinski definition) is 3. The lowest BCUT2D eigenvalue weighted by molar-refractivity contribution is 0.0922. The van der Waals surface area contributed by atoms with E-state index in [1.54, 1.807) is 31.2 Å². The summed E-state index contributed by atoms with van der Waals surface area (Å²) in [4.78, 5) is 11.5. The first kappa shape index (κ1) is 10.5. The van der Waals surface area contributed by atoms with Crippen molar-refractivity contribution in [2.45, 2.75) is 13.0 Å². The Morgan fingerprint density at radius 2 is 2.07 bits per heavy atom. The summed E-state index contributed by atoms with van der Waals surface area (Å²) in [6, 6.07) is 6.39. The molecule has 76 valence electrons. The second kappa shape index (κ2) is 4.62. The topological polar surface area (TPSA) is 75.3 Å². The van der Waals surface area contributed by atoms with Crippen LogP contribution in [0.4, 0.5) is 5.69 Å². The van der Waals surface area contributed by atoms with Crippen LogP contribution < -0.4 is 11.1 Å². The minimum atomic E-state index is -0.236. The fraction of sp³-hybridized carbons (Fsp3) is 0.300. The van der Waals surface area contributed by atoms with Crippen LogP contribution in [0.25, 0.3) is 0 Å². The zero-order chi connectivity index (χ0) is 10.6. The van der Waals surface area contributed by atoms with Crippen molar-refractivity contribution < 1.29 is 9.90 Å². The number of aliphatic hydroxyl groups excluding tert-OH is 1. The van der Waals surface area contributed by atoms with Gasteiger partial charge in [0.1, 0.15) is 0 Å². The maximum atomic E-state index is 11.5. The number of carbonyl (C=O) groups excluding carboxylic acids is 1. The first-order chi connectivity index (χ1) is 6.63. The number of amides is 1. The number of anilines is 1. The van der Waals surface area contributed by atoms with Crippen LogP contribution in [-0.4, -0.2) is 23.7 Å². The third-order valence-electron chi connectivity index (χ3n) is 1.82. The van der Waals surface area contributed by atoms with Gasteiger partial charge in [0.25, 0.3) is 5.91 Å². The third-order valence-corrected chi connectivity index (χ3v) is 1.82. The van der Waals surface area contributed by atoms with Crippen molar-refractivity contribution in [2.75, 3.05) is 12.3 Å². The van der Waals surface area contributed by atoms with E-state index >= 15 is 0 Å². The standard InChI is InChI=1S/C10H14N2O2/c1-7(6-13)12-10(14)8-2-4-9(11)5-3-8/h2-5,7,13H,6,11H2,1H3,(H,12,14)/t7-/m1/s1. The third kappa shape index (κ3) is 2.74. The van der Waals surface area contributed by atoms with Crippen LogP contribution in [0, 0.1) is 0 Å². The number of aliphatic hydroxyl groups is 1. The lowest BCUT2D eigenvalue weighted by Crippen LogP contribution is -2.34. The van der Waals surface area contributed by atoms with Gasteiger partial charge in [-0.3, -0.25) is 4.79 Å². The lowest BCUT2D eigenvalue weighted by Gasteiger charge is -2.10. The number of benzene rings is 1. The molecule has 0 unspecified atom stereocenters. The van der Waals surface area contributed by atoms with Gasteiger partial charge in [0.2, 0.25) is 0 Å². The normalized spacial score (nSPS) is 12.1. The van der Waals surface area contributed by atoms with E-state index in [1.165, 1.54) is 0 Å². The molecule has 4 heteroatoms. The quantitative estimate of drug-likeness (QED) is 0.609. The molecule has 0 heterocycles.